The lowest BCUT2D eigenvalue weighted by Gasteiger charge is -2.26. The Bertz CT molecular complexity index is 1940. The van der Waals surface area contributed by atoms with E-state index in [1.54, 1.807) is 30.3 Å². The van der Waals surface area contributed by atoms with Crippen LogP contribution in [-0.2, 0) is 35.0 Å². The number of azide groups is 1. The Kier molecular flexibility index (Phi) is 9.71. The minimum absolute atomic E-state index is 0.00953. The normalized spacial score (nSPS) is 17.0. The maximum absolute atomic E-state index is 14.5. The minimum atomic E-state index is -4.32. The molecule has 0 saturated heterocycles. The van der Waals surface area contributed by atoms with Crippen molar-refractivity contribution in [1.82, 2.24) is 0 Å². The van der Waals surface area contributed by atoms with E-state index < -0.39 is 50.7 Å². The van der Waals surface area contributed by atoms with E-state index in [4.69, 9.17) is 8.37 Å². The van der Waals surface area contributed by atoms with Gasteiger partial charge in [-0.15, -0.1) is 0 Å². The van der Waals surface area contributed by atoms with Crippen molar-refractivity contribution in [2.75, 3.05) is 6.61 Å². The number of hydrogen-bond acceptors (Lipinski definition) is 7. The van der Waals surface area contributed by atoms with E-state index in [-0.39, 0.29) is 22.6 Å². The summed E-state index contributed by atoms with van der Waals surface area (Å²) in [6.45, 7) is 3.05. The molecule has 5 rings (SSSR count). The second-order valence-corrected chi connectivity index (χ2v) is 14.3. The van der Waals surface area contributed by atoms with Crippen molar-refractivity contribution in [2.45, 2.75) is 61.0 Å². The Morgan fingerprint density at radius 2 is 1.44 bits per heavy atom. The van der Waals surface area contributed by atoms with Gasteiger partial charge in [0, 0.05) is 4.91 Å². The van der Waals surface area contributed by atoms with Crippen LogP contribution >= 0.6 is 0 Å². The van der Waals surface area contributed by atoms with E-state index in [0.29, 0.717) is 12.0 Å². The third kappa shape index (κ3) is 7.61. The van der Waals surface area contributed by atoms with E-state index in [9.17, 15) is 26.8 Å². The first-order chi connectivity index (χ1) is 21.5. The molecule has 0 radical (unpaired) electrons. The van der Waals surface area contributed by atoms with Gasteiger partial charge < -0.3 is 0 Å². The van der Waals surface area contributed by atoms with Crippen LogP contribution in [0.15, 0.2) is 106 Å². The molecule has 1 aliphatic carbocycles. The first kappa shape index (κ1) is 32.3. The van der Waals surface area contributed by atoms with Crippen LogP contribution in [0.2, 0.25) is 0 Å². The summed E-state index contributed by atoms with van der Waals surface area (Å²) in [4.78, 5) is 2.90. The fourth-order valence-corrected chi connectivity index (χ4v) is 7.59. The number of benzene rings is 4. The molecule has 3 atom stereocenters. The summed E-state index contributed by atoms with van der Waals surface area (Å²) >= 11 is 0. The molecule has 1 unspecified atom stereocenters. The Morgan fingerprint density at radius 3 is 2.09 bits per heavy atom. The quantitative estimate of drug-likeness (QED) is 0.0717. The SMILES string of the molecule is Cc1ccc(S(=O)(=O)OCC(CC[C@@H]2c3ccccc3Cc3ccc(F)cc3[C@@H]2N=[N+]=[N-])OS(=O)(=O)c2ccc(C)cc2)cc1. The molecule has 234 valence electrons. The molecular formula is C33H32FN3O6S2. The summed E-state index contributed by atoms with van der Waals surface area (Å²) < 4.78 is 78.1. The molecule has 12 heteroatoms. The number of nitrogens with zero attached hydrogens (tertiary/aromatic N) is 3. The highest BCUT2D eigenvalue weighted by molar-refractivity contribution is 7.87. The van der Waals surface area contributed by atoms with Gasteiger partial charge in [0.05, 0.1) is 22.4 Å². The number of hydrogen-bond donors (Lipinski definition) is 0. The second kappa shape index (κ2) is 13.5. The summed E-state index contributed by atoms with van der Waals surface area (Å²) in [6.07, 6.45) is -0.529. The van der Waals surface area contributed by atoms with Crippen molar-refractivity contribution in [2.24, 2.45) is 5.11 Å². The number of fused-ring (bicyclic) bond motifs is 2. The van der Waals surface area contributed by atoms with Crippen molar-refractivity contribution >= 4 is 20.2 Å². The van der Waals surface area contributed by atoms with Crippen LogP contribution in [0.25, 0.3) is 10.4 Å². The van der Waals surface area contributed by atoms with Crippen molar-refractivity contribution < 1.29 is 29.6 Å². The molecular weight excluding hydrogens is 618 g/mol. The van der Waals surface area contributed by atoms with Crippen LogP contribution in [0.3, 0.4) is 0 Å². The molecule has 45 heavy (non-hydrogen) atoms. The molecule has 0 saturated carbocycles. The summed E-state index contributed by atoms with van der Waals surface area (Å²) in [5.41, 5.74) is 14.4. The van der Waals surface area contributed by atoms with E-state index in [2.05, 4.69) is 10.0 Å². The fourth-order valence-electron chi connectivity index (χ4n) is 5.57. The number of aryl methyl sites for hydroxylation is 2. The molecule has 0 bridgehead atoms. The van der Waals surface area contributed by atoms with Gasteiger partial charge in [0.25, 0.3) is 20.2 Å². The summed E-state index contributed by atoms with van der Waals surface area (Å²) in [5.74, 6) is -0.973. The van der Waals surface area contributed by atoms with E-state index >= 15 is 0 Å². The summed E-state index contributed by atoms with van der Waals surface area (Å²) in [5, 5.41) is 4.07. The van der Waals surface area contributed by atoms with Crippen molar-refractivity contribution in [3.05, 3.63) is 141 Å². The Morgan fingerprint density at radius 1 is 0.844 bits per heavy atom. The fraction of sp³-hybridized carbons (Fsp3) is 0.273. The average molecular weight is 650 g/mol. The molecule has 0 amide bonds. The van der Waals surface area contributed by atoms with Crippen LogP contribution < -0.4 is 0 Å². The Labute approximate surface area is 262 Å². The van der Waals surface area contributed by atoms with Gasteiger partial charge in [-0.25, -0.2) is 4.39 Å². The van der Waals surface area contributed by atoms with E-state index in [0.717, 1.165) is 27.8 Å². The topological polar surface area (TPSA) is 136 Å². The average Bonchev–Trinajstić information content (AvgIpc) is 3.13. The lowest BCUT2D eigenvalue weighted by Crippen LogP contribution is -2.27. The molecule has 0 fully saturated rings. The van der Waals surface area contributed by atoms with E-state index in [1.807, 2.05) is 38.1 Å². The van der Waals surface area contributed by atoms with Gasteiger partial charge in [-0.3, -0.25) is 8.37 Å². The Hall–Kier alpha value is -4.06. The maximum atomic E-state index is 14.5. The van der Waals surface area contributed by atoms with Crippen LogP contribution in [0.4, 0.5) is 4.39 Å². The molecule has 9 nitrogen and oxygen atoms in total. The molecule has 1 aliphatic rings. The maximum Gasteiger partial charge on any atom is 0.297 e. The van der Waals surface area contributed by atoms with Gasteiger partial charge in [0.2, 0.25) is 0 Å². The Balaban J connectivity index is 1.48. The van der Waals surface area contributed by atoms with Crippen LogP contribution in [0, 0.1) is 19.7 Å². The standard InChI is InChI=1S/C33H32FN3O6S2/c1-22-7-14-28(15-8-22)44(38,39)42-21-27(43-45(40,41)29-16-9-23(2)10-17-29)13-18-31-30-6-4-3-5-24(30)19-25-11-12-26(34)20-32(25)33(31)36-37-35/h3-12,14-17,20,27,31,33H,13,18-19,21H2,1-2H3/t27?,31-,33-/m1/s1. The smallest absolute Gasteiger partial charge is 0.264 e. The predicted molar refractivity (Wildman–Crippen MR) is 167 cm³/mol. The van der Waals surface area contributed by atoms with Gasteiger partial charge in [-0.2, -0.15) is 16.8 Å². The third-order valence-corrected chi connectivity index (χ3v) is 10.6. The highest BCUT2D eigenvalue weighted by Gasteiger charge is 2.33. The van der Waals surface area contributed by atoms with Gasteiger partial charge >= 0.3 is 0 Å². The third-order valence-electron chi connectivity index (χ3n) is 7.91. The molecule has 0 aromatic heterocycles. The first-order valence-electron chi connectivity index (χ1n) is 14.3. The minimum Gasteiger partial charge on any atom is -0.264 e. The predicted octanol–water partition coefficient (Wildman–Crippen LogP) is 7.44. The molecule has 0 aliphatic heterocycles. The summed E-state index contributed by atoms with van der Waals surface area (Å²) in [7, 11) is -8.56. The zero-order valence-electron chi connectivity index (χ0n) is 24.7. The van der Waals surface area contributed by atoms with Crippen molar-refractivity contribution in [3.8, 4) is 0 Å². The van der Waals surface area contributed by atoms with Crippen LogP contribution in [-0.4, -0.2) is 29.5 Å². The molecule has 0 heterocycles. The van der Waals surface area contributed by atoms with Gasteiger partial charge in [0.15, 0.2) is 0 Å². The van der Waals surface area contributed by atoms with Crippen LogP contribution in [0.5, 0.6) is 0 Å². The second-order valence-electron chi connectivity index (χ2n) is 11.1. The highest BCUT2D eigenvalue weighted by atomic mass is 32.2. The number of rotatable bonds is 11. The van der Waals surface area contributed by atoms with Crippen molar-refractivity contribution in [3.63, 3.8) is 0 Å². The van der Waals surface area contributed by atoms with Crippen LogP contribution in [0.1, 0.15) is 58.2 Å². The summed E-state index contributed by atoms with van der Waals surface area (Å²) in [6, 6.07) is 23.3. The van der Waals surface area contributed by atoms with Gasteiger partial charge in [-0.05, 0) is 103 Å². The zero-order chi connectivity index (χ0) is 32.2. The first-order valence-corrected chi connectivity index (χ1v) is 17.1. The molecule has 0 spiro atoms. The van der Waals surface area contributed by atoms with Gasteiger partial charge in [-0.1, -0.05) is 70.8 Å². The molecule has 4 aromatic rings. The molecule has 0 N–H and O–H groups in total. The van der Waals surface area contributed by atoms with Gasteiger partial charge in [0.1, 0.15) is 11.9 Å². The van der Waals surface area contributed by atoms with Crippen molar-refractivity contribution in [1.29, 1.82) is 0 Å². The molecule has 4 aromatic carbocycles. The lowest BCUT2D eigenvalue weighted by molar-refractivity contribution is 0.125. The largest absolute Gasteiger partial charge is 0.297 e. The lowest BCUT2D eigenvalue weighted by atomic mass is 9.83. The van der Waals surface area contributed by atoms with E-state index in [1.165, 1.54) is 36.4 Å². The highest BCUT2D eigenvalue weighted by Crippen LogP contribution is 2.44. The zero-order valence-corrected chi connectivity index (χ0v) is 26.3. The number of halogens is 1. The monoisotopic (exact) mass is 649 g/mol.